The van der Waals surface area contributed by atoms with Crippen molar-refractivity contribution in [2.24, 2.45) is 0 Å². The fraction of sp³-hybridized carbons (Fsp3) is 0.0870. The van der Waals surface area contributed by atoms with E-state index in [4.69, 9.17) is 20.9 Å². The predicted molar refractivity (Wildman–Crippen MR) is 122 cm³/mol. The maximum Gasteiger partial charge on any atom is 0.338 e. The van der Waals surface area contributed by atoms with Crippen molar-refractivity contribution in [3.8, 4) is 11.4 Å². The van der Waals surface area contributed by atoms with E-state index in [1.54, 1.807) is 18.2 Å². The molecule has 0 saturated carbocycles. The second kappa shape index (κ2) is 9.43. The Kier molecular flexibility index (Phi) is 6.43. The minimum absolute atomic E-state index is 0.0661. The van der Waals surface area contributed by atoms with Crippen molar-refractivity contribution in [3.63, 3.8) is 0 Å². The van der Waals surface area contributed by atoms with Gasteiger partial charge in [-0.1, -0.05) is 59.2 Å². The first-order valence-electron chi connectivity index (χ1n) is 9.74. The van der Waals surface area contributed by atoms with Gasteiger partial charge in [0, 0.05) is 17.6 Å². The van der Waals surface area contributed by atoms with Crippen LogP contribution in [0.5, 0.6) is 0 Å². The van der Waals surface area contributed by atoms with Gasteiger partial charge in [0.25, 0.3) is 15.9 Å². The van der Waals surface area contributed by atoms with E-state index in [0.717, 1.165) is 9.87 Å². The normalized spacial score (nSPS) is 11.2. The topological polar surface area (TPSA) is 103 Å². The van der Waals surface area contributed by atoms with Crippen LogP contribution >= 0.6 is 11.6 Å². The van der Waals surface area contributed by atoms with Crippen LogP contribution < -0.4 is 4.31 Å². The molecule has 0 N–H and O–H groups in total. The number of ether oxygens (including phenoxy) is 1. The molecule has 0 unspecified atom stereocenters. The van der Waals surface area contributed by atoms with E-state index in [9.17, 15) is 13.2 Å². The molecule has 0 radical (unpaired) electrons. The van der Waals surface area contributed by atoms with E-state index in [0.29, 0.717) is 16.5 Å². The maximum atomic E-state index is 13.0. The lowest BCUT2D eigenvalue weighted by molar-refractivity contribution is 0.0429. The van der Waals surface area contributed by atoms with E-state index in [1.165, 1.54) is 37.4 Å². The van der Waals surface area contributed by atoms with Crippen molar-refractivity contribution in [2.45, 2.75) is 11.5 Å². The molecular formula is C23H18ClN3O5S. The number of hydrogen-bond acceptors (Lipinski definition) is 7. The first kappa shape index (κ1) is 22.5. The molecule has 0 bridgehead atoms. The van der Waals surface area contributed by atoms with Gasteiger partial charge in [0.15, 0.2) is 6.61 Å². The minimum Gasteiger partial charge on any atom is -0.452 e. The molecule has 168 valence electrons. The van der Waals surface area contributed by atoms with Gasteiger partial charge in [-0.25, -0.2) is 13.2 Å². The van der Waals surface area contributed by atoms with Crippen molar-refractivity contribution >= 4 is 33.3 Å². The van der Waals surface area contributed by atoms with Gasteiger partial charge in [0.1, 0.15) is 0 Å². The predicted octanol–water partition coefficient (Wildman–Crippen LogP) is 4.57. The first-order chi connectivity index (χ1) is 15.8. The highest BCUT2D eigenvalue weighted by Crippen LogP contribution is 2.25. The summed E-state index contributed by atoms with van der Waals surface area (Å²) >= 11 is 5.97. The van der Waals surface area contributed by atoms with Gasteiger partial charge in [0.2, 0.25) is 5.82 Å². The molecule has 8 nitrogen and oxygen atoms in total. The van der Waals surface area contributed by atoms with Crippen LogP contribution in [-0.4, -0.2) is 31.6 Å². The van der Waals surface area contributed by atoms with Crippen LogP contribution in [0.1, 0.15) is 16.2 Å². The zero-order chi connectivity index (χ0) is 23.4. The SMILES string of the molecule is CN(c1cccc(Cl)c1)S(=O)(=O)c1cccc(C(=O)OCc2nc(-c3ccccc3)no2)c1. The van der Waals surface area contributed by atoms with Gasteiger partial charge in [-0.05, 0) is 36.4 Å². The van der Waals surface area contributed by atoms with Crippen LogP contribution in [0.15, 0.2) is 88.3 Å². The molecule has 0 amide bonds. The third-order valence-electron chi connectivity index (χ3n) is 4.73. The number of aromatic nitrogens is 2. The van der Waals surface area contributed by atoms with Crippen molar-refractivity contribution in [3.05, 3.63) is 95.3 Å². The van der Waals surface area contributed by atoms with Crippen LogP contribution in [0.25, 0.3) is 11.4 Å². The summed E-state index contributed by atoms with van der Waals surface area (Å²) in [5.41, 5.74) is 1.22. The number of rotatable bonds is 7. The average Bonchev–Trinajstić information content (AvgIpc) is 3.32. The average molecular weight is 484 g/mol. The largest absolute Gasteiger partial charge is 0.452 e. The third-order valence-corrected chi connectivity index (χ3v) is 6.74. The summed E-state index contributed by atoms with van der Waals surface area (Å²) in [4.78, 5) is 16.7. The number of hydrogen-bond donors (Lipinski definition) is 0. The summed E-state index contributed by atoms with van der Waals surface area (Å²) in [6.07, 6.45) is 0. The zero-order valence-corrected chi connectivity index (χ0v) is 19.0. The second-order valence-corrected chi connectivity index (χ2v) is 9.34. The molecule has 4 rings (SSSR count). The Bertz CT molecular complexity index is 1390. The Labute approximate surface area is 195 Å². The minimum atomic E-state index is -3.93. The fourth-order valence-corrected chi connectivity index (χ4v) is 4.40. The van der Waals surface area contributed by atoms with E-state index >= 15 is 0 Å². The number of halogens is 1. The monoisotopic (exact) mass is 483 g/mol. The van der Waals surface area contributed by atoms with Gasteiger partial charge in [0.05, 0.1) is 16.1 Å². The Morgan fingerprint density at radius 3 is 2.55 bits per heavy atom. The number of carbonyl (C=O) groups is 1. The second-order valence-electron chi connectivity index (χ2n) is 6.93. The van der Waals surface area contributed by atoms with Crippen LogP contribution in [0.3, 0.4) is 0 Å². The molecule has 0 aliphatic heterocycles. The highest BCUT2D eigenvalue weighted by molar-refractivity contribution is 7.92. The quantitative estimate of drug-likeness (QED) is 0.354. The summed E-state index contributed by atoms with van der Waals surface area (Å²) in [5, 5.41) is 4.27. The highest BCUT2D eigenvalue weighted by atomic mass is 35.5. The Morgan fingerprint density at radius 2 is 1.79 bits per heavy atom. The Morgan fingerprint density at radius 1 is 1.03 bits per heavy atom. The number of nitrogens with zero attached hydrogens (tertiary/aromatic N) is 3. The van der Waals surface area contributed by atoms with Crippen LogP contribution in [0.4, 0.5) is 5.69 Å². The first-order valence-corrected chi connectivity index (χ1v) is 11.6. The van der Waals surface area contributed by atoms with Crippen molar-refractivity contribution < 1.29 is 22.5 Å². The molecule has 0 fully saturated rings. The van der Waals surface area contributed by atoms with E-state index in [-0.39, 0.29) is 23.0 Å². The van der Waals surface area contributed by atoms with E-state index < -0.39 is 16.0 Å². The Hall–Kier alpha value is -3.69. The Balaban J connectivity index is 1.47. The maximum absolute atomic E-state index is 13.0. The van der Waals surface area contributed by atoms with Crippen LogP contribution in [-0.2, 0) is 21.4 Å². The lowest BCUT2D eigenvalue weighted by Crippen LogP contribution is -2.26. The highest BCUT2D eigenvalue weighted by Gasteiger charge is 2.23. The number of sulfonamides is 1. The molecule has 10 heteroatoms. The van der Waals surface area contributed by atoms with Gasteiger partial charge >= 0.3 is 5.97 Å². The summed E-state index contributed by atoms with van der Waals surface area (Å²) in [7, 11) is -2.52. The summed E-state index contributed by atoms with van der Waals surface area (Å²) < 4.78 is 37.5. The number of carbonyl (C=O) groups excluding carboxylic acids is 1. The molecule has 1 heterocycles. The fourth-order valence-electron chi connectivity index (χ4n) is 2.98. The molecule has 0 aliphatic carbocycles. The molecule has 3 aromatic carbocycles. The summed E-state index contributed by atoms with van der Waals surface area (Å²) in [5.74, 6) is -0.234. The van der Waals surface area contributed by atoms with Gasteiger partial charge in [-0.15, -0.1) is 0 Å². The number of esters is 1. The van der Waals surface area contributed by atoms with Gasteiger partial charge < -0.3 is 9.26 Å². The number of benzene rings is 3. The van der Waals surface area contributed by atoms with Crippen molar-refractivity contribution in [2.75, 3.05) is 11.4 Å². The van der Waals surface area contributed by atoms with E-state index in [2.05, 4.69) is 10.1 Å². The third kappa shape index (κ3) is 5.05. The van der Waals surface area contributed by atoms with Gasteiger partial charge in [-0.2, -0.15) is 4.98 Å². The van der Waals surface area contributed by atoms with Gasteiger partial charge in [-0.3, -0.25) is 4.31 Å². The standard InChI is InChI=1S/C23H18ClN3O5S/c1-27(19-11-6-10-18(24)14-19)33(29,30)20-12-5-9-17(13-20)23(28)31-15-21-25-22(26-32-21)16-7-3-2-4-8-16/h2-14H,15H2,1H3. The molecule has 0 saturated heterocycles. The number of anilines is 1. The van der Waals surface area contributed by atoms with Crippen LogP contribution in [0, 0.1) is 0 Å². The lowest BCUT2D eigenvalue weighted by Gasteiger charge is -2.20. The molecule has 0 spiro atoms. The smallest absolute Gasteiger partial charge is 0.338 e. The molecule has 33 heavy (non-hydrogen) atoms. The summed E-state index contributed by atoms with van der Waals surface area (Å²) in [6.45, 7) is -0.252. The summed E-state index contributed by atoms with van der Waals surface area (Å²) in [6, 6.07) is 21.2. The molecule has 0 atom stereocenters. The molecule has 0 aliphatic rings. The zero-order valence-electron chi connectivity index (χ0n) is 17.4. The van der Waals surface area contributed by atoms with Crippen molar-refractivity contribution in [1.82, 2.24) is 10.1 Å². The molecule has 4 aromatic rings. The van der Waals surface area contributed by atoms with E-state index in [1.807, 2.05) is 30.3 Å². The van der Waals surface area contributed by atoms with Crippen molar-refractivity contribution in [1.29, 1.82) is 0 Å². The molecule has 1 aromatic heterocycles. The molecular weight excluding hydrogens is 466 g/mol. The van der Waals surface area contributed by atoms with Crippen LogP contribution in [0.2, 0.25) is 5.02 Å². The lowest BCUT2D eigenvalue weighted by atomic mass is 10.2.